The molecule has 0 aliphatic rings. The fourth-order valence-electron chi connectivity index (χ4n) is 0.883. The monoisotopic (exact) mass is 171 g/mol. The third-order valence-electron chi connectivity index (χ3n) is 1.62. The van der Waals surface area contributed by atoms with Gasteiger partial charge in [-0.3, -0.25) is 0 Å². The summed E-state index contributed by atoms with van der Waals surface area (Å²) in [5.74, 6) is 5.36. The molecular weight excluding hydrogens is 158 g/mol. The molecule has 1 aromatic rings. The van der Waals surface area contributed by atoms with Crippen LogP contribution in [-0.4, -0.2) is 26.8 Å². The number of rotatable bonds is 5. The van der Waals surface area contributed by atoms with E-state index in [1.165, 1.54) is 0 Å². The largest absolute Gasteiger partial charge is 0.304 e. The van der Waals surface area contributed by atoms with Crippen molar-refractivity contribution in [2.45, 2.75) is 19.9 Å². The molecule has 1 unspecified atom stereocenters. The van der Waals surface area contributed by atoms with Gasteiger partial charge in [-0.05, 0) is 22.8 Å². The zero-order valence-electron chi connectivity index (χ0n) is 7.05. The van der Waals surface area contributed by atoms with E-state index in [1.807, 2.05) is 0 Å². The lowest BCUT2D eigenvalue weighted by Crippen LogP contribution is -2.12. The molecule has 0 aliphatic heterocycles. The molecule has 0 aliphatic carbocycles. The van der Waals surface area contributed by atoms with E-state index in [-0.39, 0.29) is 0 Å². The van der Waals surface area contributed by atoms with E-state index in [9.17, 15) is 0 Å². The third-order valence-corrected chi connectivity index (χ3v) is 1.62. The number of hydrogen-bond acceptors (Lipinski definition) is 5. The predicted molar refractivity (Wildman–Crippen MR) is 41.7 cm³/mol. The normalized spacial score (nSPS) is 13.2. The maximum atomic E-state index is 4.93. The van der Waals surface area contributed by atoms with Crippen molar-refractivity contribution in [3.8, 4) is 0 Å². The first-order chi connectivity index (χ1) is 5.83. The maximum Gasteiger partial charge on any atom is 0.138 e. The van der Waals surface area contributed by atoms with Crippen LogP contribution in [0.25, 0.3) is 0 Å². The molecule has 0 fully saturated rings. The highest BCUT2D eigenvalue weighted by molar-refractivity contribution is 4.53. The van der Waals surface area contributed by atoms with Gasteiger partial charge in [0, 0.05) is 6.54 Å². The molecule has 0 saturated heterocycles. The molecule has 2 N–H and O–H groups in total. The molecule has 1 heterocycles. The lowest BCUT2D eigenvalue weighted by Gasteiger charge is -2.07. The summed E-state index contributed by atoms with van der Waals surface area (Å²) in [6.07, 6.45) is 2.55. The summed E-state index contributed by atoms with van der Waals surface area (Å²) in [6, 6.07) is 0. The number of aryl methyl sites for hydroxylation is 1. The van der Waals surface area contributed by atoms with Crippen molar-refractivity contribution in [1.82, 2.24) is 20.2 Å². The first-order valence-electron chi connectivity index (χ1n) is 3.85. The molecule has 6 heteroatoms. The highest BCUT2D eigenvalue weighted by Gasteiger charge is 2.02. The number of hydrogen-bond donors (Lipinski definition) is 1. The van der Waals surface area contributed by atoms with Crippen molar-refractivity contribution < 1.29 is 4.84 Å². The molecule has 12 heavy (non-hydrogen) atoms. The van der Waals surface area contributed by atoms with Crippen LogP contribution in [0.3, 0.4) is 0 Å². The van der Waals surface area contributed by atoms with E-state index in [1.54, 1.807) is 11.0 Å². The SMILES string of the molecule is CC(CCn1cnnn1)CON. The van der Waals surface area contributed by atoms with Crippen molar-refractivity contribution in [2.24, 2.45) is 11.8 Å². The lowest BCUT2D eigenvalue weighted by molar-refractivity contribution is 0.102. The van der Waals surface area contributed by atoms with Crippen LogP contribution in [0.15, 0.2) is 6.33 Å². The Balaban J connectivity index is 2.17. The molecule has 0 radical (unpaired) electrons. The fraction of sp³-hybridized carbons (Fsp3) is 0.833. The summed E-state index contributed by atoms with van der Waals surface area (Å²) in [4.78, 5) is 4.51. The van der Waals surface area contributed by atoms with Crippen molar-refractivity contribution in [3.63, 3.8) is 0 Å². The van der Waals surface area contributed by atoms with Crippen molar-refractivity contribution >= 4 is 0 Å². The fourth-order valence-corrected chi connectivity index (χ4v) is 0.883. The molecule has 1 atom stereocenters. The van der Waals surface area contributed by atoms with Gasteiger partial charge < -0.3 is 4.84 Å². The molecule has 0 saturated carbocycles. The highest BCUT2D eigenvalue weighted by atomic mass is 16.6. The molecule has 0 aromatic carbocycles. The van der Waals surface area contributed by atoms with Crippen LogP contribution in [-0.2, 0) is 11.4 Å². The van der Waals surface area contributed by atoms with Gasteiger partial charge in [-0.15, -0.1) is 5.10 Å². The minimum absolute atomic E-state index is 0.430. The maximum absolute atomic E-state index is 4.93. The van der Waals surface area contributed by atoms with Gasteiger partial charge in [0.1, 0.15) is 6.33 Å². The summed E-state index contributed by atoms with van der Waals surface area (Å²) in [5.41, 5.74) is 0. The van der Waals surface area contributed by atoms with Crippen molar-refractivity contribution in [2.75, 3.05) is 6.61 Å². The van der Waals surface area contributed by atoms with E-state index in [4.69, 9.17) is 5.90 Å². The van der Waals surface area contributed by atoms with Crippen LogP contribution in [0.5, 0.6) is 0 Å². The molecule has 0 spiro atoms. The number of nitrogens with zero attached hydrogens (tertiary/aromatic N) is 4. The Hall–Kier alpha value is -1.01. The molecule has 0 amide bonds. The van der Waals surface area contributed by atoms with Gasteiger partial charge in [-0.25, -0.2) is 10.6 Å². The molecule has 1 aromatic heterocycles. The highest BCUT2D eigenvalue weighted by Crippen LogP contribution is 2.02. The van der Waals surface area contributed by atoms with E-state index in [0.29, 0.717) is 12.5 Å². The van der Waals surface area contributed by atoms with Crippen molar-refractivity contribution in [3.05, 3.63) is 6.33 Å². The zero-order chi connectivity index (χ0) is 8.81. The van der Waals surface area contributed by atoms with Crippen LogP contribution >= 0.6 is 0 Å². The van der Waals surface area contributed by atoms with E-state index in [0.717, 1.165) is 13.0 Å². The van der Waals surface area contributed by atoms with Crippen LogP contribution in [0, 0.1) is 5.92 Å². The smallest absolute Gasteiger partial charge is 0.138 e. The molecule has 6 nitrogen and oxygen atoms in total. The van der Waals surface area contributed by atoms with Crippen LogP contribution in [0.2, 0.25) is 0 Å². The van der Waals surface area contributed by atoms with Gasteiger partial charge in [0.15, 0.2) is 0 Å². The second-order valence-electron chi connectivity index (χ2n) is 2.80. The van der Waals surface area contributed by atoms with Crippen LogP contribution in [0.1, 0.15) is 13.3 Å². The zero-order valence-corrected chi connectivity index (χ0v) is 7.05. The Labute approximate surface area is 70.6 Å². The Morgan fingerprint density at radius 1 is 1.67 bits per heavy atom. The average molecular weight is 171 g/mol. The summed E-state index contributed by atoms with van der Waals surface area (Å²) < 4.78 is 1.69. The van der Waals surface area contributed by atoms with Crippen LogP contribution < -0.4 is 5.90 Å². The van der Waals surface area contributed by atoms with E-state index < -0.39 is 0 Å². The quantitative estimate of drug-likeness (QED) is 0.609. The summed E-state index contributed by atoms with van der Waals surface area (Å²) >= 11 is 0. The first kappa shape index (κ1) is 9.08. The molecule has 1 rings (SSSR count). The number of tetrazole rings is 1. The Morgan fingerprint density at radius 2 is 2.50 bits per heavy atom. The Morgan fingerprint density at radius 3 is 3.08 bits per heavy atom. The number of nitrogens with two attached hydrogens (primary N) is 1. The standard InChI is InChI=1S/C6H13N5O/c1-6(4-12-7)2-3-11-5-8-9-10-11/h5-6H,2-4,7H2,1H3. The van der Waals surface area contributed by atoms with Gasteiger partial charge >= 0.3 is 0 Å². The summed E-state index contributed by atoms with van der Waals surface area (Å²) in [6.45, 7) is 3.44. The van der Waals surface area contributed by atoms with Gasteiger partial charge in [-0.2, -0.15) is 0 Å². The second-order valence-corrected chi connectivity index (χ2v) is 2.80. The van der Waals surface area contributed by atoms with Gasteiger partial charge in [-0.1, -0.05) is 6.92 Å². The second kappa shape index (κ2) is 4.78. The molecule has 0 bridgehead atoms. The Kier molecular flexibility index (Phi) is 3.62. The minimum Gasteiger partial charge on any atom is -0.304 e. The van der Waals surface area contributed by atoms with Gasteiger partial charge in [0.25, 0.3) is 0 Å². The first-order valence-corrected chi connectivity index (χ1v) is 3.85. The Bertz CT molecular complexity index is 200. The van der Waals surface area contributed by atoms with Gasteiger partial charge in [0.2, 0.25) is 0 Å². The predicted octanol–water partition coefficient (Wildman–Crippen LogP) is -0.410. The summed E-state index contributed by atoms with van der Waals surface area (Å²) in [7, 11) is 0. The summed E-state index contributed by atoms with van der Waals surface area (Å²) in [5, 5.41) is 10.8. The lowest BCUT2D eigenvalue weighted by atomic mass is 10.1. The topological polar surface area (TPSA) is 78.8 Å². The third kappa shape index (κ3) is 2.93. The van der Waals surface area contributed by atoms with E-state index >= 15 is 0 Å². The van der Waals surface area contributed by atoms with Crippen LogP contribution in [0.4, 0.5) is 0 Å². The number of aromatic nitrogens is 4. The van der Waals surface area contributed by atoms with Crippen molar-refractivity contribution in [1.29, 1.82) is 0 Å². The van der Waals surface area contributed by atoms with E-state index in [2.05, 4.69) is 27.3 Å². The van der Waals surface area contributed by atoms with Gasteiger partial charge in [0.05, 0.1) is 6.61 Å². The average Bonchev–Trinajstić information content (AvgIpc) is 2.53. The minimum atomic E-state index is 0.430. The molecule has 68 valence electrons. The molecular formula is C6H13N5O.